The Morgan fingerprint density at radius 1 is 1.33 bits per heavy atom. The minimum Gasteiger partial charge on any atom is -0.361 e. The Morgan fingerprint density at radius 2 is 2.17 bits per heavy atom. The van der Waals surface area contributed by atoms with Gasteiger partial charge >= 0.3 is 0 Å². The summed E-state index contributed by atoms with van der Waals surface area (Å²) in [7, 11) is 1.83. The largest absolute Gasteiger partial charge is 0.361 e. The molecule has 0 saturated carbocycles. The molecule has 2 aromatic rings. The first kappa shape index (κ1) is 14.9. The molecular weight excluding hydrogens is 310 g/mol. The molecule has 8 heteroatoms. The van der Waals surface area contributed by atoms with Crippen molar-refractivity contribution in [2.45, 2.75) is 38.3 Å². The number of hydrogen-bond acceptors (Lipinski definition) is 5. The Balaban J connectivity index is 1.60. The Morgan fingerprint density at radius 3 is 2.83 bits per heavy atom. The highest BCUT2D eigenvalue weighted by Crippen LogP contribution is 2.35. The van der Waals surface area contributed by atoms with Gasteiger partial charge in [0.2, 0.25) is 5.91 Å². The molecule has 8 nitrogen and oxygen atoms in total. The molecule has 4 heterocycles. The molecule has 24 heavy (non-hydrogen) atoms. The lowest BCUT2D eigenvalue weighted by atomic mass is 9.95. The molecule has 2 atom stereocenters. The third-order valence-corrected chi connectivity index (χ3v) is 4.84. The third-order valence-electron chi connectivity index (χ3n) is 4.84. The van der Waals surface area contributed by atoms with Crippen LogP contribution in [0, 0.1) is 6.92 Å². The summed E-state index contributed by atoms with van der Waals surface area (Å²) in [6.07, 6.45) is 5.41. The number of carbonyl (C=O) groups excluding carboxylic acids is 2. The molecule has 0 spiro atoms. The van der Waals surface area contributed by atoms with Crippen LogP contribution in [-0.4, -0.2) is 50.3 Å². The number of aryl methyl sites for hydroxylation is 2. The molecule has 2 amide bonds. The topological polar surface area (TPSA) is 84.5 Å². The van der Waals surface area contributed by atoms with Crippen LogP contribution < -0.4 is 4.90 Å². The van der Waals surface area contributed by atoms with Crippen LogP contribution in [0.3, 0.4) is 0 Å². The molecule has 0 bridgehead atoms. The van der Waals surface area contributed by atoms with Crippen LogP contribution >= 0.6 is 0 Å². The highest BCUT2D eigenvalue weighted by Gasteiger charge is 2.46. The highest BCUT2D eigenvalue weighted by atomic mass is 16.5. The smallest absolute Gasteiger partial charge is 0.276 e. The first-order valence-corrected chi connectivity index (χ1v) is 8.09. The van der Waals surface area contributed by atoms with Crippen molar-refractivity contribution < 1.29 is 14.1 Å². The number of aromatic nitrogens is 3. The van der Waals surface area contributed by atoms with Gasteiger partial charge in [-0.1, -0.05) is 5.16 Å². The van der Waals surface area contributed by atoms with E-state index in [1.54, 1.807) is 23.9 Å². The van der Waals surface area contributed by atoms with Gasteiger partial charge in [-0.3, -0.25) is 14.3 Å². The predicted molar refractivity (Wildman–Crippen MR) is 84.4 cm³/mol. The molecule has 0 radical (unpaired) electrons. The van der Waals surface area contributed by atoms with Crippen LogP contribution in [-0.2, 0) is 11.8 Å². The monoisotopic (exact) mass is 329 g/mol. The highest BCUT2D eigenvalue weighted by molar-refractivity contribution is 5.96. The average molecular weight is 329 g/mol. The fourth-order valence-electron chi connectivity index (χ4n) is 3.80. The summed E-state index contributed by atoms with van der Waals surface area (Å²) in [5.74, 6) is 0.584. The fraction of sp³-hybridized carbons (Fsp3) is 0.500. The van der Waals surface area contributed by atoms with E-state index in [0.717, 1.165) is 12.1 Å². The second-order valence-electron chi connectivity index (χ2n) is 6.42. The van der Waals surface area contributed by atoms with Crippen molar-refractivity contribution in [3.8, 4) is 0 Å². The predicted octanol–water partition coefficient (Wildman–Crippen LogP) is 1.13. The summed E-state index contributed by atoms with van der Waals surface area (Å²) >= 11 is 0. The zero-order valence-electron chi connectivity index (χ0n) is 13.7. The van der Waals surface area contributed by atoms with Crippen molar-refractivity contribution in [1.82, 2.24) is 19.8 Å². The van der Waals surface area contributed by atoms with Gasteiger partial charge in [0.15, 0.2) is 5.69 Å². The van der Waals surface area contributed by atoms with E-state index in [-0.39, 0.29) is 23.9 Å². The van der Waals surface area contributed by atoms with Crippen molar-refractivity contribution >= 4 is 17.5 Å². The zero-order valence-corrected chi connectivity index (χ0v) is 13.7. The molecule has 0 aromatic carbocycles. The van der Waals surface area contributed by atoms with E-state index >= 15 is 0 Å². The summed E-state index contributed by atoms with van der Waals surface area (Å²) in [5.41, 5.74) is 1.13. The molecule has 0 N–H and O–H groups in total. The molecule has 126 valence electrons. The van der Waals surface area contributed by atoms with Crippen LogP contribution in [0.2, 0.25) is 0 Å². The minimum atomic E-state index is -0.125. The maximum atomic E-state index is 12.7. The standard InChI is InChI=1S/C16H19N5O3/c1-10-7-12(18-24-10)16(23)20-6-5-14-13(20)3-4-15(22)21(14)11-8-17-19(2)9-11/h7-9,13-14H,3-6H2,1-2H3/t13-,14-/m1/s1. The van der Waals surface area contributed by atoms with Gasteiger partial charge in [0.1, 0.15) is 5.76 Å². The van der Waals surface area contributed by atoms with E-state index in [1.807, 2.05) is 23.0 Å². The van der Waals surface area contributed by atoms with E-state index in [9.17, 15) is 9.59 Å². The second kappa shape index (κ2) is 5.47. The van der Waals surface area contributed by atoms with E-state index in [1.165, 1.54) is 0 Å². The van der Waals surface area contributed by atoms with Gasteiger partial charge in [0.05, 0.1) is 24.0 Å². The summed E-state index contributed by atoms with van der Waals surface area (Å²) < 4.78 is 6.70. The number of rotatable bonds is 2. The summed E-state index contributed by atoms with van der Waals surface area (Å²) in [4.78, 5) is 28.8. The number of anilines is 1. The number of fused-ring (bicyclic) bond motifs is 1. The molecule has 2 saturated heterocycles. The van der Waals surface area contributed by atoms with Crippen LogP contribution in [0.4, 0.5) is 5.69 Å². The third kappa shape index (κ3) is 2.29. The van der Waals surface area contributed by atoms with Gasteiger partial charge in [0, 0.05) is 32.3 Å². The molecule has 4 rings (SSSR count). The number of piperidine rings is 1. The van der Waals surface area contributed by atoms with Crippen molar-refractivity contribution in [3.63, 3.8) is 0 Å². The van der Waals surface area contributed by atoms with Gasteiger partial charge in [0.25, 0.3) is 5.91 Å². The number of likely N-dealkylation sites (tertiary alicyclic amines) is 1. The number of carbonyl (C=O) groups is 2. The minimum absolute atomic E-state index is 0.00686. The van der Waals surface area contributed by atoms with Gasteiger partial charge in [-0.05, 0) is 19.8 Å². The lowest BCUT2D eigenvalue weighted by Gasteiger charge is -2.38. The Bertz CT molecular complexity index is 795. The molecule has 2 aromatic heterocycles. The van der Waals surface area contributed by atoms with E-state index in [4.69, 9.17) is 4.52 Å². The SMILES string of the molecule is Cc1cc(C(=O)N2CC[C@@H]3[C@H]2CCC(=O)N3c2cnn(C)c2)no1. The van der Waals surface area contributed by atoms with E-state index in [0.29, 0.717) is 30.8 Å². The number of nitrogens with zero attached hydrogens (tertiary/aromatic N) is 5. The lowest BCUT2D eigenvalue weighted by Crippen LogP contribution is -2.53. The van der Waals surface area contributed by atoms with Crippen molar-refractivity contribution in [3.05, 3.63) is 29.9 Å². The van der Waals surface area contributed by atoms with Crippen LogP contribution in [0.25, 0.3) is 0 Å². The second-order valence-corrected chi connectivity index (χ2v) is 6.42. The fourth-order valence-corrected chi connectivity index (χ4v) is 3.80. The van der Waals surface area contributed by atoms with E-state index < -0.39 is 0 Å². The van der Waals surface area contributed by atoms with Gasteiger partial charge in [-0.15, -0.1) is 0 Å². The lowest BCUT2D eigenvalue weighted by molar-refractivity contribution is -0.120. The number of hydrogen-bond donors (Lipinski definition) is 0. The van der Waals surface area contributed by atoms with Crippen LogP contribution in [0.15, 0.2) is 23.0 Å². The zero-order chi connectivity index (χ0) is 16.8. The van der Waals surface area contributed by atoms with Gasteiger partial charge in [-0.2, -0.15) is 5.10 Å². The molecule has 0 aliphatic carbocycles. The van der Waals surface area contributed by atoms with Crippen LogP contribution in [0.5, 0.6) is 0 Å². The van der Waals surface area contributed by atoms with E-state index in [2.05, 4.69) is 10.3 Å². The molecule has 2 fully saturated rings. The van der Waals surface area contributed by atoms with Crippen molar-refractivity contribution in [2.75, 3.05) is 11.4 Å². The number of amides is 2. The first-order valence-electron chi connectivity index (χ1n) is 8.09. The summed E-state index contributed by atoms with van der Waals surface area (Å²) in [6, 6.07) is 1.66. The van der Waals surface area contributed by atoms with Crippen molar-refractivity contribution in [1.29, 1.82) is 0 Å². The summed E-state index contributed by atoms with van der Waals surface area (Å²) in [5, 5.41) is 8.00. The normalized spacial score (nSPS) is 23.7. The maximum Gasteiger partial charge on any atom is 0.276 e. The van der Waals surface area contributed by atoms with Gasteiger partial charge in [-0.25, -0.2) is 0 Å². The van der Waals surface area contributed by atoms with Crippen molar-refractivity contribution in [2.24, 2.45) is 7.05 Å². The summed E-state index contributed by atoms with van der Waals surface area (Å²) in [6.45, 7) is 2.38. The molecular formula is C16H19N5O3. The quantitative estimate of drug-likeness (QED) is 0.824. The van der Waals surface area contributed by atoms with Crippen LogP contribution in [0.1, 0.15) is 35.5 Å². The average Bonchev–Trinajstić information content (AvgIpc) is 3.26. The maximum absolute atomic E-state index is 12.7. The first-order chi connectivity index (χ1) is 11.5. The molecule has 2 aliphatic rings. The Kier molecular flexibility index (Phi) is 3.40. The molecule has 2 aliphatic heterocycles. The Hall–Kier alpha value is -2.64. The molecule has 0 unspecified atom stereocenters. The Labute approximate surface area is 139 Å². The van der Waals surface area contributed by atoms with Gasteiger partial charge < -0.3 is 14.3 Å².